The summed E-state index contributed by atoms with van der Waals surface area (Å²) in [5.41, 5.74) is 1.04. The molecule has 0 saturated heterocycles. The molecule has 1 aromatic heterocycles. The lowest BCUT2D eigenvalue weighted by Gasteiger charge is -2.20. The van der Waals surface area contributed by atoms with Crippen LogP contribution in [0.25, 0.3) is 0 Å². The molecule has 0 aliphatic rings. The molecule has 1 N–H and O–H groups in total. The number of ether oxygens (including phenoxy) is 1. The fraction of sp³-hybridized carbons (Fsp3) is 0.615. The lowest BCUT2D eigenvalue weighted by atomic mass is 9.94. The Morgan fingerprint density at radius 2 is 2.29 bits per heavy atom. The zero-order valence-corrected chi connectivity index (χ0v) is 11.4. The van der Waals surface area contributed by atoms with E-state index in [4.69, 9.17) is 4.74 Å². The Hall–Kier alpha value is -0.870. The van der Waals surface area contributed by atoms with Crippen LogP contribution in [-0.2, 0) is 9.53 Å². The molecule has 1 aromatic rings. The van der Waals surface area contributed by atoms with E-state index in [9.17, 15) is 9.90 Å². The zero-order chi connectivity index (χ0) is 12.8. The first kappa shape index (κ1) is 14.2. The minimum absolute atomic E-state index is 0.321. The van der Waals surface area contributed by atoms with Gasteiger partial charge in [0.05, 0.1) is 13.0 Å². The summed E-state index contributed by atoms with van der Waals surface area (Å²) in [6, 6.07) is 1.96. The van der Waals surface area contributed by atoms with Crippen LogP contribution in [0.4, 0.5) is 0 Å². The van der Waals surface area contributed by atoms with Crippen molar-refractivity contribution in [2.24, 2.45) is 5.92 Å². The monoisotopic (exact) mass is 256 g/mol. The summed E-state index contributed by atoms with van der Waals surface area (Å²) in [4.78, 5) is 12.6. The number of thiophene rings is 1. The van der Waals surface area contributed by atoms with Gasteiger partial charge in [-0.1, -0.05) is 19.8 Å². The number of aryl methyl sites for hydroxylation is 1. The van der Waals surface area contributed by atoms with E-state index < -0.39 is 12.0 Å². The summed E-state index contributed by atoms with van der Waals surface area (Å²) in [5, 5.41) is 12.2. The first-order valence-electron chi connectivity index (χ1n) is 5.91. The molecular formula is C13H20O3S. The van der Waals surface area contributed by atoms with E-state index in [0.717, 1.165) is 23.3 Å². The Morgan fingerprint density at radius 1 is 1.59 bits per heavy atom. The SMILES string of the molecule is CCCCC(C(=O)OC)C(O)c1sccc1C. The largest absolute Gasteiger partial charge is 0.469 e. The van der Waals surface area contributed by atoms with E-state index in [1.165, 1.54) is 18.4 Å². The number of aliphatic hydroxyl groups is 1. The Morgan fingerprint density at radius 3 is 2.76 bits per heavy atom. The predicted octanol–water partition coefficient (Wildman–Crippen LogP) is 3.07. The Bertz CT molecular complexity index is 359. The number of hydrogen-bond acceptors (Lipinski definition) is 4. The molecule has 0 amide bonds. The first-order valence-corrected chi connectivity index (χ1v) is 6.79. The normalized spacial score (nSPS) is 14.4. The molecule has 17 heavy (non-hydrogen) atoms. The molecule has 0 saturated carbocycles. The molecule has 0 aliphatic carbocycles. The molecule has 0 aromatic carbocycles. The van der Waals surface area contributed by atoms with E-state index in [2.05, 4.69) is 6.92 Å². The minimum atomic E-state index is -0.742. The summed E-state index contributed by atoms with van der Waals surface area (Å²) in [7, 11) is 1.37. The van der Waals surface area contributed by atoms with Gasteiger partial charge in [0.15, 0.2) is 0 Å². The number of esters is 1. The Kier molecular flexibility index (Phi) is 5.65. The molecule has 2 unspecified atom stereocenters. The topological polar surface area (TPSA) is 46.5 Å². The van der Waals surface area contributed by atoms with Gasteiger partial charge in [-0.15, -0.1) is 11.3 Å². The third-order valence-electron chi connectivity index (χ3n) is 2.92. The van der Waals surface area contributed by atoms with E-state index in [1.54, 1.807) is 0 Å². The molecule has 0 fully saturated rings. The van der Waals surface area contributed by atoms with Crippen LogP contribution in [-0.4, -0.2) is 18.2 Å². The summed E-state index contributed by atoms with van der Waals surface area (Å²) in [6.45, 7) is 4.01. The maximum atomic E-state index is 11.7. The van der Waals surface area contributed by atoms with Crippen LogP contribution in [0.15, 0.2) is 11.4 Å². The van der Waals surface area contributed by atoms with Gasteiger partial charge in [0, 0.05) is 4.88 Å². The third-order valence-corrected chi connectivity index (χ3v) is 4.01. The van der Waals surface area contributed by atoms with Crippen molar-refractivity contribution in [2.45, 2.75) is 39.2 Å². The second-order valence-corrected chi connectivity index (χ2v) is 5.13. The van der Waals surface area contributed by atoms with E-state index in [1.807, 2.05) is 18.4 Å². The average Bonchev–Trinajstić information content (AvgIpc) is 2.75. The van der Waals surface area contributed by atoms with Crippen LogP contribution in [0.5, 0.6) is 0 Å². The van der Waals surface area contributed by atoms with E-state index >= 15 is 0 Å². The number of aliphatic hydroxyl groups excluding tert-OH is 1. The van der Waals surface area contributed by atoms with Crippen LogP contribution >= 0.6 is 11.3 Å². The Balaban J connectivity index is 2.82. The highest BCUT2D eigenvalue weighted by Crippen LogP contribution is 2.32. The smallest absolute Gasteiger partial charge is 0.311 e. The van der Waals surface area contributed by atoms with Gasteiger partial charge in [0.2, 0.25) is 0 Å². The third kappa shape index (κ3) is 3.54. The number of hydrogen-bond donors (Lipinski definition) is 1. The maximum absolute atomic E-state index is 11.7. The van der Waals surface area contributed by atoms with Crippen LogP contribution in [0.2, 0.25) is 0 Å². The summed E-state index contributed by atoms with van der Waals surface area (Å²) >= 11 is 1.49. The lowest BCUT2D eigenvalue weighted by molar-refractivity contribution is -0.150. The molecule has 0 radical (unpaired) electrons. The van der Waals surface area contributed by atoms with Crippen LogP contribution in [0, 0.1) is 12.8 Å². The van der Waals surface area contributed by atoms with Crippen molar-refractivity contribution >= 4 is 17.3 Å². The van der Waals surface area contributed by atoms with Crippen LogP contribution < -0.4 is 0 Å². The van der Waals surface area contributed by atoms with Gasteiger partial charge in [-0.2, -0.15) is 0 Å². The fourth-order valence-corrected chi connectivity index (χ4v) is 2.83. The van der Waals surface area contributed by atoms with Crippen LogP contribution in [0.1, 0.15) is 42.7 Å². The summed E-state index contributed by atoms with van der Waals surface area (Å²) < 4.78 is 4.77. The van der Waals surface area contributed by atoms with Gasteiger partial charge in [0.1, 0.15) is 6.10 Å². The molecule has 2 atom stereocenters. The molecule has 3 nitrogen and oxygen atoms in total. The number of rotatable bonds is 6. The van der Waals surface area contributed by atoms with Crippen molar-refractivity contribution in [3.8, 4) is 0 Å². The molecular weight excluding hydrogens is 236 g/mol. The van der Waals surface area contributed by atoms with Gasteiger partial charge in [-0.05, 0) is 30.4 Å². The number of carbonyl (C=O) groups excluding carboxylic acids is 1. The number of unbranched alkanes of at least 4 members (excludes halogenated alkanes) is 1. The van der Waals surface area contributed by atoms with Crippen molar-refractivity contribution in [3.05, 3.63) is 21.9 Å². The number of methoxy groups -OCH3 is 1. The number of carbonyl (C=O) groups is 1. The quantitative estimate of drug-likeness (QED) is 0.796. The molecule has 0 aliphatic heterocycles. The van der Waals surface area contributed by atoms with E-state index in [0.29, 0.717) is 6.42 Å². The van der Waals surface area contributed by atoms with Crippen molar-refractivity contribution < 1.29 is 14.6 Å². The highest BCUT2D eigenvalue weighted by Gasteiger charge is 2.29. The Labute approximate surface area is 106 Å². The molecule has 1 heterocycles. The van der Waals surface area contributed by atoms with Gasteiger partial charge in [-0.25, -0.2) is 0 Å². The van der Waals surface area contributed by atoms with Crippen LogP contribution in [0.3, 0.4) is 0 Å². The van der Waals surface area contributed by atoms with Gasteiger partial charge in [-0.3, -0.25) is 4.79 Å². The van der Waals surface area contributed by atoms with Crippen molar-refractivity contribution in [2.75, 3.05) is 7.11 Å². The second-order valence-electron chi connectivity index (χ2n) is 4.18. The summed E-state index contributed by atoms with van der Waals surface area (Å²) in [6.07, 6.45) is 1.85. The first-order chi connectivity index (χ1) is 8.11. The maximum Gasteiger partial charge on any atom is 0.311 e. The molecule has 1 rings (SSSR count). The van der Waals surface area contributed by atoms with Gasteiger partial charge < -0.3 is 9.84 Å². The highest BCUT2D eigenvalue weighted by molar-refractivity contribution is 7.10. The molecule has 0 spiro atoms. The lowest BCUT2D eigenvalue weighted by Crippen LogP contribution is -2.23. The zero-order valence-electron chi connectivity index (χ0n) is 10.6. The van der Waals surface area contributed by atoms with E-state index in [-0.39, 0.29) is 5.97 Å². The van der Waals surface area contributed by atoms with Crippen molar-refractivity contribution in [1.82, 2.24) is 0 Å². The fourth-order valence-electron chi connectivity index (χ4n) is 1.85. The molecule has 4 heteroatoms. The van der Waals surface area contributed by atoms with Crippen molar-refractivity contribution in [3.63, 3.8) is 0 Å². The second kappa shape index (κ2) is 6.77. The summed E-state index contributed by atoms with van der Waals surface area (Å²) in [5.74, 6) is -0.768. The van der Waals surface area contributed by atoms with Gasteiger partial charge >= 0.3 is 5.97 Å². The highest BCUT2D eigenvalue weighted by atomic mass is 32.1. The average molecular weight is 256 g/mol. The molecule has 96 valence electrons. The standard InChI is InChI=1S/C13H20O3S/c1-4-5-6-10(13(15)16-3)11(14)12-9(2)7-8-17-12/h7-8,10-11,14H,4-6H2,1-3H3. The van der Waals surface area contributed by atoms with Gasteiger partial charge in [0.25, 0.3) is 0 Å². The van der Waals surface area contributed by atoms with Crippen molar-refractivity contribution in [1.29, 1.82) is 0 Å². The predicted molar refractivity (Wildman–Crippen MR) is 69.0 cm³/mol. The minimum Gasteiger partial charge on any atom is -0.469 e. The molecule has 0 bridgehead atoms.